The fraction of sp³-hybridized carbons (Fsp3) is 0.500. The second-order valence-electron chi connectivity index (χ2n) is 8.20. The molecule has 0 radical (unpaired) electrons. The summed E-state index contributed by atoms with van der Waals surface area (Å²) in [5.74, 6) is 0.112. The number of aliphatic hydroxyl groups is 1. The molecule has 0 spiro atoms. The Hall–Kier alpha value is -1.73. The van der Waals surface area contributed by atoms with Gasteiger partial charge in [-0.3, -0.25) is 4.90 Å². The lowest BCUT2D eigenvalue weighted by molar-refractivity contribution is -0.0553. The van der Waals surface area contributed by atoms with Gasteiger partial charge in [0.1, 0.15) is 0 Å². The maximum absolute atomic E-state index is 13.0. The minimum atomic E-state index is -3.44. The minimum Gasteiger partial charge on any atom is -0.395 e. The van der Waals surface area contributed by atoms with Gasteiger partial charge in [-0.05, 0) is 56.9 Å². The van der Waals surface area contributed by atoms with Crippen LogP contribution in [0.25, 0.3) is 5.57 Å². The zero-order chi connectivity index (χ0) is 21.9. The normalized spacial score (nSPS) is 26.7. The Balaban J connectivity index is 1.88. The molecule has 2 saturated heterocycles. The van der Waals surface area contributed by atoms with Gasteiger partial charge in [-0.25, -0.2) is 8.42 Å². The second kappa shape index (κ2) is 9.60. The Kier molecular flexibility index (Phi) is 7.34. The van der Waals surface area contributed by atoms with E-state index in [0.29, 0.717) is 18.0 Å². The molecule has 6 heteroatoms. The van der Waals surface area contributed by atoms with Crippen LogP contribution in [0.2, 0.25) is 0 Å². The van der Waals surface area contributed by atoms with E-state index in [9.17, 15) is 13.5 Å². The van der Waals surface area contributed by atoms with Crippen molar-refractivity contribution in [3.8, 4) is 0 Å². The van der Waals surface area contributed by atoms with Gasteiger partial charge in [-0.1, -0.05) is 49.1 Å². The van der Waals surface area contributed by atoms with Crippen LogP contribution in [-0.4, -0.2) is 61.1 Å². The van der Waals surface area contributed by atoms with Gasteiger partial charge < -0.3 is 5.11 Å². The van der Waals surface area contributed by atoms with E-state index in [0.717, 1.165) is 36.1 Å². The maximum atomic E-state index is 13.0. The average Bonchev–Trinajstić information content (AvgIpc) is 2.72. The van der Waals surface area contributed by atoms with Gasteiger partial charge >= 0.3 is 0 Å². The molecule has 2 aliphatic rings. The van der Waals surface area contributed by atoms with Crippen molar-refractivity contribution in [2.75, 3.05) is 26.2 Å². The number of aliphatic hydroxyl groups excluding tert-OH is 1. The van der Waals surface area contributed by atoms with E-state index in [2.05, 4.69) is 35.7 Å². The van der Waals surface area contributed by atoms with Gasteiger partial charge in [0, 0.05) is 31.1 Å². The van der Waals surface area contributed by atoms with E-state index in [1.807, 2.05) is 19.1 Å². The van der Waals surface area contributed by atoms with Gasteiger partial charge in [0.15, 0.2) is 0 Å². The van der Waals surface area contributed by atoms with E-state index in [-0.39, 0.29) is 24.6 Å². The number of fused-ring (bicyclic) bond motifs is 1. The van der Waals surface area contributed by atoms with Crippen LogP contribution < -0.4 is 0 Å². The Labute approximate surface area is 181 Å². The van der Waals surface area contributed by atoms with Crippen molar-refractivity contribution in [2.24, 2.45) is 0 Å². The highest BCUT2D eigenvalue weighted by Crippen LogP contribution is 2.42. The van der Waals surface area contributed by atoms with Crippen LogP contribution in [0.5, 0.6) is 0 Å². The Morgan fingerprint density at radius 2 is 1.87 bits per heavy atom. The molecular formula is C24H34N2O3S. The number of hydrogen-bond acceptors (Lipinski definition) is 4. The summed E-state index contributed by atoms with van der Waals surface area (Å²) in [5.41, 5.74) is 3.18. The Morgan fingerprint density at radius 1 is 1.20 bits per heavy atom. The highest BCUT2D eigenvalue weighted by molar-refractivity contribution is 7.93. The van der Waals surface area contributed by atoms with Crippen molar-refractivity contribution in [1.29, 1.82) is 0 Å². The number of nitrogens with zero attached hydrogens (tertiary/aromatic N) is 2. The number of sulfonamides is 1. The zero-order valence-electron chi connectivity index (χ0n) is 18.3. The molecule has 2 aliphatic heterocycles. The van der Waals surface area contributed by atoms with Crippen molar-refractivity contribution in [3.05, 3.63) is 65.1 Å². The zero-order valence-corrected chi connectivity index (χ0v) is 19.1. The molecule has 2 heterocycles. The molecule has 0 aliphatic carbocycles. The second-order valence-corrected chi connectivity index (χ2v) is 10.3. The van der Waals surface area contributed by atoms with Gasteiger partial charge in [0.2, 0.25) is 10.0 Å². The first-order valence-electron chi connectivity index (χ1n) is 10.8. The van der Waals surface area contributed by atoms with Gasteiger partial charge in [-0.2, -0.15) is 4.31 Å². The molecule has 0 bridgehead atoms. The van der Waals surface area contributed by atoms with E-state index < -0.39 is 10.0 Å². The van der Waals surface area contributed by atoms with Gasteiger partial charge in [0.05, 0.1) is 11.5 Å². The maximum Gasteiger partial charge on any atom is 0.238 e. The third-order valence-electron chi connectivity index (χ3n) is 6.52. The lowest BCUT2D eigenvalue weighted by Gasteiger charge is -2.57. The highest BCUT2D eigenvalue weighted by atomic mass is 32.2. The molecule has 0 saturated carbocycles. The predicted octanol–water partition coefficient (Wildman–Crippen LogP) is 3.75. The summed E-state index contributed by atoms with van der Waals surface area (Å²) in [6, 6.07) is 8.44. The molecule has 1 aromatic rings. The van der Waals surface area contributed by atoms with E-state index in [4.69, 9.17) is 0 Å². The monoisotopic (exact) mass is 430 g/mol. The molecule has 30 heavy (non-hydrogen) atoms. The predicted molar refractivity (Wildman–Crippen MR) is 124 cm³/mol. The average molecular weight is 431 g/mol. The lowest BCUT2D eigenvalue weighted by atomic mass is 9.74. The molecule has 5 nitrogen and oxygen atoms in total. The fourth-order valence-electron chi connectivity index (χ4n) is 4.70. The summed E-state index contributed by atoms with van der Waals surface area (Å²) in [6.07, 6.45) is 7.39. The van der Waals surface area contributed by atoms with Crippen LogP contribution in [-0.2, 0) is 10.0 Å². The quantitative estimate of drug-likeness (QED) is 0.698. The van der Waals surface area contributed by atoms with Crippen LogP contribution in [0, 0.1) is 0 Å². The van der Waals surface area contributed by atoms with Crippen LogP contribution in [0.3, 0.4) is 0 Å². The molecule has 3 rings (SSSR count). The summed E-state index contributed by atoms with van der Waals surface area (Å²) in [5, 5.41) is 10.1. The molecule has 0 aromatic heterocycles. The number of rotatable bonds is 6. The molecule has 0 amide bonds. The fourth-order valence-corrected chi connectivity index (χ4v) is 6.12. The summed E-state index contributed by atoms with van der Waals surface area (Å²) >= 11 is 0. The summed E-state index contributed by atoms with van der Waals surface area (Å²) < 4.78 is 27.7. The summed E-state index contributed by atoms with van der Waals surface area (Å²) in [6.45, 7) is 11.5. The molecule has 164 valence electrons. The first-order chi connectivity index (χ1) is 14.3. The summed E-state index contributed by atoms with van der Waals surface area (Å²) in [4.78, 5) is 2.69. The summed E-state index contributed by atoms with van der Waals surface area (Å²) in [7, 11) is -3.44. The smallest absolute Gasteiger partial charge is 0.238 e. The molecular weight excluding hydrogens is 396 g/mol. The largest absolute Gasteiger partial charge is 0.395 e. The number of benzene rings is 1. The van der Waals surface area contributed by atoms with Crippen molar-refractivity contribution < 1.29 is 13.5 Å². The number of hydrogen-bond donors (Lipinski definition) is 1. The molecule has 1 N–H and O–H groups in total. The lowest BCUT2D eigenvalue weighted by Crippen LogP contribution is -2.67. The van der Waals surface area contributed by atoms with Crippen molar-refractivity contribution in [1.82, 2.24) is 9.21 Å². The van der Waals surface area contributed by atoms with E-state index in [1.54, 1.807) is 24.2 Å². The topological polar surface area (TPSA) is 60.9 Å². The highest BCUT2D eigenvalue weighted by Gasteiger charge is 2.50. The van der Waals surface area contributed by atoms with Crippen LogP contribution in [0.15, 0.2) is 54.0 Å². The molecule has 0 unspecified atom stereocenters. The number of allylic oxidation sites excluding steroid dienone is 5. The third kappa shape index (κ3) is 4.33. The Morgan fingerprint density at radius 3 is 2.47 bits per heavy atom. The first kappa shape index (κ1) is 22.9. The molecule has 2 fully saturated rings. The first-order valence-corrected chi connectivity index (χ1v) is 12.2. The Bertz CT molecular complexity index is 918. The van der Waals surface area contributed by atoms with Crippen LogP contribution >= 0.6 is 0 Å². The van der Waals surface area contributed by atoms with Crippen molar-refractivity contribution >= 4 is 15.6 Å². The van der Waals surface area contributed by atoms with Crippen LogP contribution in [0.1, 0.15) is 50.7 Å². The van der Waals surface area contributed by atoms with E-state index in [1.165, 1.54) is 0 Å². The molecule has 3 atom stereocenters. The van der Waals surface area contributed by atoms with Gasteiger partial charge in [-0.15, -0.1) is 0 Å². The van der Waals surface area contributed by atoms with Gasteiger partial charge in [0.25, 0.3) is 0 Å². The SMILES string of the molecule is C=C(/C=C/C)c1ccc([C@@H]2[C@H](CO)N3CCCCN(S(=O)(=O)/C(C)=C/C)C[C@@H]23)cc1. The van der Waals surface area contributed by atoms with Crippen molar-refractivity contribution in [3.63, 3.8) is 0 Å². The minimum absolute atomic E-state index is 0.0325. The van der Waals surface area contributed by atoms with Crippen LogP contribution in [0.4, 0.5) is 0 Å². The van der Waals surface area contributed by atoms with Crippen molar-refractivity contribution in [2.45, 2.75) is 51.6 Å². The molecule has 1 aromatic carbocycles. The van der Waals surface area contributed by atoms with E-state index >= 15 is 0 Å². The third-order valence-corrected chi connectivity index (χ3v) is 8.58. The standard InChI is InChI=1S/C24H34N2O3S/c1-5-9-18(3)20-10-12-21(13-11-20)24-22-16-25(30(28,29)19(4)6-2)14-7-8-15-26(22)23(24)17-27/h5-6,9-13,22-24,27H,3,7-8,14-17H2,1-2,4H3/b9-5+,19-6+/t22-,23-,24-/m0/s1.